The van der Waals surface area contributed by atoms with Crippen LogP contribution in [0.3, 0.4) is 0 Å². The van der Waals surface area contributed by atoms with Crippen LogP contribution in [0.1, 0.15) is 47.5 Å². The third-order valence-electron chi connectivity index (χ3n) is 3.22. The van der Waals surface area contributed by atoms with E-state index in [0.717, 1.165) is 4.90 Å². The van der Waals surface area contributed by atoms with Gasteiger partial charge in [-0.25, -0.2) is 0 Å². The lowest BCUT2D eigenvalue weighted by atomic mass is 9.86. The summed E-state index contributed by atoms with van der Waals surface area (Å²) in [7, 11) is 0. The maximum absolute atomic E-state index is 12.6. The zero-order chi connectivity index (χ0) is 15.4. The number of carbonyl (C=O) groups excluding carboxylic acids is 1. The van der Waals surface area contributed by atoms with E-state index in [1.165, 1.54) is 0 Å². The van der Waals surface area contributed by atoms with E-state index in [0.29, 0.717) is 12.8 Å². The van der Waals surface area contributed by atoms with Crippen molar-refractivity contribution in [1.29, 1.82) is 0 Å². The zero-order valence-electron chi connectivity index (χ0n) is 12.3. The van der Waals surface area contributed by atoms with Crippen molar-refractivity contribution in [2.45, 2.75) is 65.7 Å². The molecule has 1 atom stereocenters. The van der Waals surface area contributed by atoms with E-state index in [1.54, 1.807) is 34.6 Å². The van der Waals surface area contributed by atoms with Crippen LogP contribution in [-0.4, -0.2) is 35.6 Å². The second-order valence-electron chi connectivity index (χ2n) is 5.90. The van der Waals surface area contributed by atoms with Gasteiger partial charge in [0.25, 0.3) is 0 Å². The molecule has 0 rings (SSSR count). The van der Waals surface area contributed by atoms with E-state index in [2.05, 4.69) is 0 Å². The maximum atomic E-state index is 12.6. The van der Waals surface area contributed by atoms with Crippen LogP contribution in [0.2, 0.25) is 0 Å². The molecule has 2 N–H and O–H groups in total. The molecule has 6 heteroatoms. The van der Waals surface area contributed by atoms with Crippen molar-refractivity contribution in [1.82, 2.24) is 4.90 Å². The minimum absolute atomic E-state index is 0.428. The molecule has 0 fully saturated rings. The topological polar surface area (TPSA) is 46.3 Å². The molecule has 0 saturated heterocycles. The van der Waals surface area contributed by atoms with Crippen LogP contribution in [0.4, 0.5) is 13.2 Å². The largest absolute Gasteiger partial charge is 0.406 e. The van der Waals surface area contributed by atoms with E-state index in [1.807, 2.05) is 0 Å². The molecule has 0 radical (unpaired) electrons. The quantitative estimate of drug-likeness (QED) is 0.842. The maximum Gasteiger partial charge on any atom is 0.406 e. The predicted molar refractivity (Wildman–Crippen MR) is 69.6 cm³/mol. The minimum atomic E-state index is -4.41. The van der Waals surface area contributed by atoms with Gasteiger partial charge in [0.15, 0.2) is 0 Å². The summed E-state index contributed by atoms with van der Waals surface area (Å²) in [5, 5.41) is 0. The third kappa shape index (κ3) is 5.80. The van der Waals surface area contributed by atoms with Crippen molar-refractivity contribution in [3.63, 3.8) is 0 Å². The predicted octanol–water partition coefficient (Wildman–Crippen LogP) is 2.94. The van der Waals surface area contributed by atoms with E-state index >= 15 is 0 Å². The first-order valence-corrected chi connectivity index (χ1v) is 6.56. The number of carbonyl (C=O) groups is 1. The number of halogens is 3. The van der Waals surface area contributed by atoms with Crippen LogP contribution in [-0.2, 0) is 4.79 Å². The van der Waals surface area contributed by atoms with Gasteiger partial charge < -0.3 is 10.6 Å². The van der Waals surface area contributed by atoms with Crippen molar-refractivity contribution in [2.24, 2.45) is 11.1 Å². The Hall–Kier alpha value is -0.780. The second-order valence-corrected chi connectivity index (χ2v) is 5.90. The molecule has 0 saturated carbocycles. The van der Waals surface area contributed by atoms with Crippen molar-refractivity contribution >= 4 is 5.91 Å². The van der Waals surface area contributed by atoms with Gasteiger partial charge in [-0.15, -0.1) is 0 Å². The number of nitrogens with zero attached hydrogens (tertiary/aromatic N) is 1. The molecule has 0 aromatic heterocycles. The Morgan fingerprint density at radius 1 is 1.16 bits per heavy atom. The fourth-order valence-electron chi connectivity index (χ4n) is 1.86. The van der Waals surface area contributed by atoms with E-state index < -0.39 is 36.1 Å². The van der Waals surface area contributed by atoms with Crippen LogP contribution in [0.25, 0.3) is 0 Å². The molecule has 0 aromatic carbocycles. The number of alkyl halides is 3. The summed E-state index contributed by atoms with van der Waals surface area (Å²) in [6.07, 6.45) is -3.44. The number of hydrogen-bond acceptors (Lipinski definition) is 2. The summed E-state index contributed by atoms with van der Waals surface area (Å²) in [5.41, 5.74) is 5.24. The highest BCUT2D eigenvalue weighted by Crippen LogP contribution is 2.25. The summed E-state index contributed by atoms with van der Waals surface area (Å²) >= 11 is 0. The highest BCUT2D eigenvalue weighted by molar-refractivity contribution is 5.82. The molecule has 0 aliphatic carbocycles. The molecule has 3 nitrogen and oxygen atoms in total. The lowest BCUT2D eigenvalue weighted by Gasteiger charge is -2.36. The fraction of sp³-hybridized carbons (Fsp3) is 0.923. The molecule has 0 aliphatic rings. The molecule has 0 spiro atoms. The van der Waals surface area contributed by atoms with Crippen LogP contribution in [0.5, 0.6) is 0 Å². The average Bonchev–Trinajstić information content (AvgIpc) is 2.24. The highest BCUT2D eigenvalue weighted by Gasteiger charge is 2.39. The first-order chi connectivity index (χ1) is 8.44. The first-order valence-electron chi connectivity index (χ1n) is 6.56. The van der Waals surface area contributed by atoms with Gasteiger partial charge >= 0.3 is 6.18 Å². The second kappa shape index (κ2) is 6.59. The Balaban J connectivity index is 5.19. The van der Waals surface area contributed by atoms with E-state index in [-0.39, 0.29) is 0 Å². The average molecular weight is 282 g/mol. The van der Waals surface area contributed by atoms with Crippen molar-refractivity contribution in [3.8, 4) is 0 Å². The number of rotatable bonds is 5. The molecular weight excluding hydrogens is 257 g/mol. The van der Waals surface area contributed by atoms with Gasteiger partial charge in [0, 0.05) is 6.04 Å². The van der Waals surface area contributed by atoms with Gasteiger partial charge in [0.05, 0.1) is 6.04 Å². The van der Waals surface area contributed by atoms with Gasteiger partial charge in [-0.2, -0.15) is 13.2 Å². The molecule has 1 amide bonds. The first kappa shape index (κ1) is 18.2. The lowest BCUT2D eigenvalue weighted by molar-refractivity contribution is -0.168. The number of hydrogen-bond donors (Lipinski definition) is 1. The van der Waals surface area contributed by atoms with Crippen LogP contribution >= 0.6 is 0 Å². The van der Waals surface area contributed by atoms with Crippen LogP contribution in [0, 0.1) is 5.41 Å². The van der Waals surface area contributed by atoms with Crippen molar-refractivity contribution < 1.29 is 18.0 Å². The fourth-order valence-corrected chi connectivity index (χ4v) is 1.86. The molecule has 0 unspecified atom stereocenters. The summed E-state index contributed by atoms with van der Waals surface area (Å²) < 4.78 is 37.9. The molecular formula is C13H25F3N2O. The van der Waals surface area contributed by atoms with Gasteiger partial charge in [0.1, 0.15) is 6.54 Å². The summed E-state index contributed by atoms with van der Waals surface area (Å²) in [6, 6.07) is -1.36. The number of amides is 1. The molecule has 0 aliphatic heterocycles. The molecule has 0 heterocycles. The Morgan fingerprint density at radius 2 is 1.58 bits per heavy atom. The standard InChI is InChI=1S/C13H25F3N2O/c1-6-9(7-2)18(8-13(14,15)16)11(19)10(17)12(3,4)5/h9-10H,6-8,17H2,1-5H3/t10-/m0/s1. The van der Waals surface area contributed by atoms with Crippen molar-refractivity contribution in [2.75, 3.05) is 6.54 Å². The van der Waals surface area contributed by atoms with E-state index in [4.69, 9.17) is 5.73 Å². The van der Waals surface area contributed by atoms with Gasteiger partial charge in [-0.3, -0.25) is 4.79 Å². The molecule has 114 valence electrons. The Kier molecular flexibility index (Phi) is 6.32. The monoisotopic (exact) mass is 282 g/mol. The summed E-state index contributed by atoms with van der Waals surface area (Å²) in [5.74, 6) is -0.626. The highest BCUT2D eigenvalue weighted by atomic mass is 19.4. The third-order valence-corrected chi connectivity index (χ3v) is 3.22. The molecule has 0 bridgehead atoms. The lowest BCUT2D eigenvalue weighted by Crippen LogP contribution is -2.55. The van der Waals surface area contributed by atoms with Gasteiger partial charge in [-0.1, -0.05) is 34.6 Å². The Labute approximate surface area is 113 Å². The van der Waals surface area contributed by atoms with Crippen molar-refractivity contribution in [3.05, 3.63) is 0 Å². The van der Waals surface area contributed by atoms with Crippen LogP contribution in [0.15, 0.2) is 0 Å². The smallest absolute Gasteiger partial charge is 0.329 e. The number of nitrogens with two attached hydrogens (primary N) is 1. The zero-order valence-corrected chi connectivity index (χ0v) is 12.3. The van der Waals surface area contributed by atoms with Gasteiger partial charge in [-0.05, 0) is 18.3 Å². The molecule has 19 heavy (non-hydrogen) atoms. The Morgan fingerprint density at radius 3 is 1.84 bits per heavy atom. The normalized spacial score (nSPS) is 14.6. The van der Waals surface area contributed by atoms with Gasteiger partial charge in [0.2, 0.25) is 5.91 Å². The van der Waals surface area contributed by atoms with E-state index in [9.17, 15) is 18.0 Å². The Bertz CT molecular complexity index is 293. The summed E-state index contributed by atoms with van der Waals surface area (Å²) in [6.45, 7) is 7.54. The molecule has 0 aromatic rings. The SMILES string of the molecule is CCC(CC)N(CC(F)(F)F)C(=O)[C@H](N)C(C)(C)C. The summed E-state index contributed by atoms with van der Waals surface area (Å²) in [4.78, 5) is 13.1. The van der Waals surface area contributed by atoms with Crippen LogP contribution < -0.4 is 5.73 Å². The minimum Gasteiger partial charge on any atom is -0.329 e.